The minimum atomic E-state index is -0.357. The molecule has 0 aliphatic carbocycles. The summed E-state index contributed by atoms with van der Waals surface area (Å²) in [5, 5.41) is 5.37. The Balaban J connectivity index is 1.93. The van der Waals surface area contributed by atoms with Crippen LogP contribution in [-0.2, 0) is 11.3 Å². The number of ether oxygens (including phenoxy) is 1. The van der Waals surface area contributed by atoms with E-state index in [1.807, 2.05) is 35.7 Å². The van der Waals surface area contributed by atoms with Gasteiger partial charge in [-0.2, -0.15) is 0 Å². The Morgan fingerprint density at radius 1 is 1.26 bits per heavy atom. The number of nitrogens with one attached hydrogen (secondary N) is 1. The molecule has 100 valence electrons. The van der Waals surface area contributed by atoms with Gasteiger partial charge in [0.2, 0.25) is 5.91 Å². The van der Waals surface area contributed by atoms with Crippen LogP contribution >= 0.6 is 11.3 Å². The van der Waals surface area contributed by atoms with Crippen LogP contribution in [0, 0.1) is 0 Å². The van der Waals surface area contributed by atoms with E-state index in [-0.39, 0.29) is 12.3 Å². The summed E-state index contributed by atoms with van der Waals surface area (Å²) in [7, 11) is 0. The highest BCUT2D eigenvalue weighted by Gasteiger charge is 2.04. The van der Waals surface area contributed by atoms with Crippen molar-refractivity contribution in [1.29, 1.82) is 0 Å². The van der Waals surface area contributed by atoms with Crippen molar-refractivity contribution in [3.8, 4) is 5.75 Å². The summed E-state index contributed by atoms with van der Waals surface area (Å²) in [6.45, 7) is 1.06. The SMILES string of the molecule is NC(=O)CCOc1ccccc1NCc1cccs1. The van der Waals surface area contributed by atoms with E-state index in [2.05, 4.69) is 11.4 Å². The fourth-order valence-corrected chi connectivity index (χ4v) is 2.24. The van der Waals surface area contributed by atoms with Gasteiger partial charge in [-0.1, -0.05) is 18.2 Å². The number of benzene rings is 1. The Morgan fingerprint density at radius 3 is 2.84 bits per heavy atom. The Morgan fingerprint density at radius 2 is 2.11 bits per heavy atom. The van der Waals surface area contributed by atoms with E-state index in [9.17, 15) is 4.79 Å². The Hall–Kier alpha value is -2.01. The second-order valence-corrected chi connectivity index (χ2v) is 5.03. The fraction of sp³-hybridized carbons (Fsp3) is 0.214. The molecular weight excluding hydrogens is 260 g/mol. The molecule has 0 bridgehead atoms. The van der Waals surface area contributed by atoms with Crippen molar-refractivity contribution >= 4 is 22.9 Å². The summed E-state index contributed by atoms with van der Waals surface area (Å²) >= 11 is 1.71. The molecule has 0 saturated carbocycles. The van der Waals surface area contributed by atoms with Crippen molar-refractivity contribution in [3.63, 3.8) is 0 Å². The quantitative estimate of drug-likeness (QED) is 0.817. The van der Waals surface area contributed by atoms with Gasteiger partial charge in [0, 0.05) is 11.4 Å². The predicted molar refractivity (Wildman–Crippen MR) is 77.4 cm³/mol. The van der Waals surface area contributed by atoms with Crippen LogP contribution in [0.3, 0.4) is 0 Å². The maximum absolute atomic E-state index is 10.7. The van der Waals surface area contributed by atoms with Gasteiger partial charge < -0.3 is 15.8 Å². The molecule has 4 nitrogen and oxygen atoms in total. The smallest absolute Gasteiger partial charge is 0.220 e. The minimum absolute atomic E-state index is 0.221. The zero-order valence-corrected chi connectivity index (χ0v) is 11.3. The largest absolute Gasteiger partial charge is 0.491 e. The molecular formula is C14H16N2O2S. The van der Waals surface area contributed by atoms with Gasteiger partial charge in [0.25, 0.3) is 0 Å². The first kappa shape index (κ1) is 13.4. The Labute approximate surface area is 116 Å². The number of amides is 1. The highest BCUT2D eigenvalue weighted by atomic mass is 32.1. The third-order valence-corrected chi connectivity index (χ3v) is 3.40. The van der Waals surface area contributed by atoms with Gasteiger partial charge in [-0.05, 0) is 23.6 Å². The lowest BCUT2D eigenvalue weighted by Crippen LogP contribution is -2.15. The van der Waals surface area contributed by atoms with E-state index in [1.165, 1.54) is 4.88 Å². The summed E-state index contributed by atoms with van der Waals surface area (Å²) in [6, 6.07) is 11.8. The molecule has 0 fully saturated rings. The number of hydrogen-bond donors (Lipinski definition) is 2. The number of primary amides is 1. The van der Waals surface area contributed by atoms with Crippen LogP contribution in [0.25, 0.3) is 0 Å². The first-order valence-electron chi connectivity index (χ1n) is 6.02. The van der Waals surface area contributed by atoms with Gasteiger partial charge in [0.05, 0.1) is 18.7 Å². The molecule has 2 rings (SSSR count). The lowest BCUT2D eigenvalue weighted by atomic mass is 10.3. The Kier molecular flexibility index (Phi) is 4.80. The van der Waals surface area contributed by atoms with E-state index in [0.29, 0.717) is 6.61 Å². The van der Waals surface area contributed by atoms with Crippen molar-refractivity contribution in [3.05, 3.63) is 46.7 Å². The van der Waals surface area contributed by atoms with Crippen molar-refractivity contribution < 1.29 is 9.53 Å². The van der Waals surface area contributed by atoms with Crippen LogP contribution in [0.2, 0.25) is 0 Å². The van der Waals surface area contributed by atoms with Crippen molar-refractivity contribution in [1.82, 2.24) is 0 Å². The topological polar surface area (TPSA) is 64.4 Å². The van der Waals surface area contributed by atoms with Crippen LogP contribution in [0.5, 0.6) is 5.75 Å². The molecule has 3 N–H and O–H groups in total. The molecule has 19 heavy (non-hydrogen) atoms. The maximum atomic E-state index is 10.7. The zero-order valence-electron chi connectivity index (χ0n) is 10.5. The van der Waals surface area contributed by atoms with Crippen LogP contribution in [0.15, 0.2) is 41.8 Å². The predicted octanol–water partition coefficient (Wildman–Crippen LogP) is 2.61. The van der Waals surface area contributed by atoms with Crippen molar-refractivity contribution in [2.45, 2.75) is 13.0 Å². The van der Waals surface area contributed by atoms with E-state index >= 15 is 0 Å². The first-order chi connectivity index (χ1) is 9.25. The highest BCUT2D eigenvalue weighted by Crippen LogP contribution is 2.25. The number of carbonyl (C=O) groups excluding carboxylic acids is 1. The zero-order chi connectivity index (χ0) is 13.5. The number of rotatable bonds is 7. The molecule has 1 aromatic heterocycles. The van der Waals surface area contributed by atoms with Gasteiger partial charge in [-0.25, -0.2) is 0 Å². The maximum Gasteiger partial charge on any atom is 0.220 e. The van der Waals surface area contributed by atoms with Crippen molar-refractivity contribution in [2.24, 2.45) is 5.73 Å². The Bertz CT molecular complexity index is 526. The molecule has 1 heterocycles. The molecule has 1 amide bonds. The lowest BCUT2D eigenvalue weighted by Gasteiger charge is -2.12. The monoisotopic (exact) mass is 276 g/mol. The first-order valence-corrected chi connectivity index (χ1v) is 6.90. The average Bonchev–Trinajstić information content (AvgIpc) is 2.90. The van der Waals surface area contributed by atoms with Crippen LogP contribution in [-0.4, -0.2) is 12.5 Å². The number of thiophene rings is 1. The third kappa shape index (κ3) is 4.30. The normalized spacial score (nSPS) is 10.1. The number of carbonyl (C=O) groups is 1. The molecule has 0 unspecified atom stereocenters. The molecule has 0 atom stereocenters. The van der Waals surface area contributed by atoms with E-state index < -0.39 is 0 Å². The van der Waals surface area contributed by atoms with E-state index in [0.717, 1.165) is 18.0 Å². The molecule has 0 aliphatic rings. The molecule has 5 heteroatoms. The number of para-hydroxylation sites is 2. The average molecular weight is 276 g/mol. The lowest BCUT2D eigenvalue weighted by molar-refractivity contribution is -0.118. The van der Waals surface area contributed by atoms with Gasteiger partial charge in [0.1, 0.15) is 5.75 Å². The second kappa shape index (κ2) is 6.80. The second-order valence-electron chi connectivity index (χ2n) is 3.99. The standard InChI is InChI=1S/C14H16N2O2S/c15-14(17)7-8-18-13-6-2-1-5-12(13)16-10-11-4-3-9-19-11/h1-6,9,16H,7-8,10H2,(H2,15,17). The van der Waals surface area contributed by atoms with Gasteiger partial charge >= 0.3 is 0 Å². The van der Waals surface area contributed by atoms with Crippen LogP contribution < -0.4 is 15.8 Å². The summed E-state index contributed by atoms with van der Waals surface area (Å²) in [6.07, 6.45) is 0.221. The molecule has 0 aliphatic heterocycles. The fourth-order valence-electron chi connectivity index (χ4n) is 1.60. The summed E-state index contributed by atoms with van der Waals surface area (Å²) in [5.41, 5.74) is 6.00. The number of anilines is 1. The number of nitrogens with two attached hydrogens (primary N) is 1. The summed E-state index contributed by atoms with van der Waals surface area (Å²) in [5.74, 6) is 0.379. The molecule has 2 aromatic rings. The minimum Gasteiger partial charge on any atom is -0.491 e. The van der Waals surface area contributed by atoms with E-state index in [1.54, 1.807) is 11.3 Å². The van der Waals surface area contributed by atoms with Gasteiger partial charge in [-0.3, -0.25) is 4.79 Å². The van der Waals surface area contributed by atoms with Gasteiger partial charge in [-0.15, -0.1) is 11.3 Å². The summed E-state index contributed by atoms with van der Waals surface area (Å²) in [4.78, 5) is 11.9. The molecule has 1 aromatic carbocycles. The third-order valence-electron chi connectivity index (χ3n) is 2.53. The molecule has 0 radical (unpaired) electrons. The van der Waals surface area contributed by atoms with Crippen LogP contribution in [0.4, 0.5) is 5.69 Å². The highest BCUT2D eigenvalue weighted by molar-refractivity contribution is 7.09. The van der Waals surface area contributed by atoms with Gasteiger partial charge in [0.15, 0.2) is 0 Å². The molecule has 0 spiro atoms. The number of hydrogen-bond acceptors (Lipinski definition) is 4. The van der Waals surface area contributed by atoms with Crippen molar-refractivity contribution in [2.75, 3.05) is 11.9 Å². The van der Waals surface area contributed by atoms with E-state index in [4.69, 9.17) is 10.5 Å². The summed E-state index contributed by atoms with van der Waals surface area (Å²) < 4.78 is 5.56. The molecule has 0 saturated heterocycles. The van der Waals surface area contributed by atoms with Crippen LogP contribution in [0.1, 0.15) is 11.3 Å².